The summed E-state index contributed by atoms with van der Waals surface area (Å²) < 4.78 is 5.70. The van der Waals surface area contributed by atoms with Crippen molar-refractivity contribution in [3.8, 4) is 0 Å². The monoisotopic (exact) mass is 484 g/mol. The number of esters is 1. The number of rotatable bonds is 7. The molecular formula is C30H48N2O3. The lowest BCUT2D eigenvalue weighted by atomic mass is 9.42. The summed E-state index contributed by atoms with van der Waals surface area (Å²) in [5, 5.41) is 6.84. The molecule has 35 heavy (non-hydrogen) atoms. The molecule has 0 aromatic carbocycles. The molecule has 4 fully saturated rings. The highest BCUT2D eigenvalue weighted by molar-refractivity contribution is 5.93. The minimum atomic E-state index is -0.320. The molecular weight excluding hydrogens is 436 g/mol. The normalized spacial score (nSPS) is 44.8. The molecule has 2 bridgehead atoms. The summed E-state index contributed by atoms with van der Waals surface area (Å²) in [5.41, 5.74) is 1.38. The lowest BCUT2D eigenvalue weighted by molar-refractivity contribution is -0.171. The lowest BCUT2D eigenvalue weighted by Crippen LogP contribution is -2.67. The average Bonchev–Trinajstić information content (AvgIpc) is 3.31. The highest BCUT2D eigenvalue weighted by atomic mass is 16.5. The van der Waals surface area contributed by atoms with E-state index >= 15 is 0 Å². The van der Waals surface area contributed by atoms with E-state index in [0.717, 1.165) is 49.8 Å². The summed E-state index contributed by atoms with van der Waals surface area (Å²) in [5.74, 6) is 3.95. The van der Waals surface area contributed by atoms with Gasteiger partial charge in [0.1, 0.15) is 6.10 Å². The highest BCUT2D eigenvalue weighted by Gasteiger charge is 2.70. The first kappa shape index (κ1) is 25.3. The van der Waals surface area contributed by atoms with E-state index in [1.165, 1.54) is 57.6 Å². The summed E-state index contributed by atoms with van der Waals surface area (Å²) in [6.07, 6.45) is 13.7. The van der Waals surface area contributed by atoms with Gasteiger partial charge in [0.2, 0.25) is 6.41 Å². The van der Waals surface area contributed by atoms with Crippen LogP contribution in [0.4, 0.5) is 0 Å². The number of hydrogen-bond donors (Lipinski definition) is 0. The number of carbonyl (C=O) groups is 2. The van der Waals surface area contributed by atoms with Gasteiger partial charge in [-0.05, 0) is 78.9 Å². The van der Waals surface area contributed by atoms with Crippen molar-refractivity contribution in [3.05, 3.63) is 0 Å². The summed E-state index contributed by atoms with van der Waals surface area (Å²) in [6, 6.07) is 0. The molecule has 0 aromatic rings. The van der Waals surface area contributed by atoms with E-state index in [2.05, 4.69) is 34.6 Å². The smallest absolute Gasteiger partial charge is 0.302 e. The Bertz CT molecular complexity index is 885. The highest BCUT2D eigenvalue weighted by Crippen LogP contribution is 2.70. The van der Waals surface area contributed by atoms with Gasteiger partial charge in [-0.15, -0.1) is 0 Å². The van der Waals surface area contributed by atoms with Crippen molar-refractivity contribution in [1.82, 2.24) is 5.01 Å². The van der Waals surface area contributed by atoms with Crippen molar-refractivity contribution in [2.24, 2.45) is 51.4 Å². The van der Waals surface area contributed by atoms with Gasteiger partial charge < -0.3 is 4.74 Å². The number of hydrogen-bond acceptors (Lipinski definition) is 4. The van der Waals surface area contributed by atoms with Crippen LogP contribution in [0.5, 0.6) is 0 Å². The van der Waals surface area contributed by atoms with Gasteiger partial charge in [0.05, 0.1) is 5.54 Å². The molecule has 196 valence electrons. The summed E-state index contributed by atoms with van der Waals surface area (Å²) in [7, 11) is 0. The van der Waals surface area contributed by atoms with Crippen LogP contribution in [0, 0.1) is 46.3 Å². The summed E-state index contributed by atoms with van der Waals surface area (Å²) in [4.78, 5) is 24.1. The first-order valence-corrected chi connectivity index (χ1v) is 14.5. The maximum absolute atomic E-state index is 12.4. The van der Waals surface area contributed by atoms with Gasteiger partial charge in [0, 0.05) is 31.4 Å². The molecule has 1 heterocycles. The number of amides is 1. The molecule has 9 atom stereocenters. The second-order valence-electron chi connectivity index (χ2n) is 13.9. The Kier molecular flexibility index (Phi) is 6.40. The SMILES string of the molecule is CC(=O)O[C@H]1CC[C@]2(C)[C@H]3CC[C@]4(C)[C@@H]([C@H](C)CCCC(C)C)CC[C@H]4[C@@H]3C3=NN(C=O)[C@]2(C3)C1. The lowest BCUT2D eigenvalue weighted by Gasteiger charge is -2.64. The molecule has 1 spiro atoms. The first-order valence-electron chi connectivity index (χ1n) is 14.5. The van der Waals surface area contributed by atoms with Crippen molar-refractivity contribution in [3.63, 3.8) is 0 Å². The fourth-order valence-corrected chi connectivity index (χ4v) is 10.2. The zero-order chi connectivity index (χ0) is 25.2. The van der Waals surface area contributed by atoms with Crippen LogP contribution in [0.3, 0.4) is 0 Å². The van der Waals surface area contributed by atoms with E-state index in [4.69, 9.17) is 9.84 Å². The minimum absolute atomic E-state index is 0.0288. The molecule has 0 aromatic heterocycles. The van der Waals surface area contributed by atoms with Crippen LogP contribution >= 0.6 is 0 Å². The summed E-state index contributed by atoms with van der Waals surface area (Å²) in [6.45, 7) is 13.8. The van der Waals surface area contributed by atoms with E-state index in [-0.39, 0.29) is 23.0 Å². The Balaban J connectivity index is 1.42. The van der Waals surface area contributed by atoms with Gasteiger partial charge in [0.25, 0.3) is 0 Å². The molecule has 1 aliphatic heterocycles. The van der Waals surface area contributed by atoms with Gasteiger partial charge in [-0.3, -0.25) is 9.59 Å². The first-order chi connectivity index (χ1) is 16.6. The van der Waals surface area contributed by atoms with Crippen molar-refractivity contribution in [1.29, 1.82) is 0 Å². The van der Waals surface area contributed by atoms with Gasteiger partial charge in [-0.25, -0.2) is 5.01 Å². The third-order valence-corrected chi connectivity index (χ3v) is 11.9. The number of nitrogens with zero attached hydrogens (tertiary/aromatic N) is 2. The molecule has 5 nitrogen and oxygen atoms in total. The quantitative estimate of drug-likeness (QED) is 0.302. The van der Waals surface area contributed by atoms with Gasteiger partial charge in [-0.2, -0.15) is 5.10 Å². The molecule has 4 aliphatic carbocycles. The molecule has 5 heteroatoms. The zero-order valence-corrected chi connectivity index (χ0v) is 23.0. The topological polar surface area (TPSA) is 59.0 Å². The minimum Gasteiger partial charge on any atom is -0.462 e. The Labute approximate surface area is 212 Å². The third kappa shape index (κ3) is 3.72. The van der Waals surface area contributed by atoms with Crippen LogP contribution in [-0.2, 0) is 14.3 Å². The second-order valence-corrected chi connectivity index (χ2v) is 13.9. The summed E-state index contributed by atoms with van der Waals surface area (Å²) >= 11 is 0. The van der Waals surface area contributed by atoms with E-state index in [1.54, 1.807) is 5.01 Å². The fraction of sp³-hybridized carbons (Fsp3) is 0.900. The van der Waals surface area contributed by atoms with E-state index < -0.39 is 0 Å². The van der Waals surface area contributed by atoms with Gasteiger partial charge >= 0.3 is 5.97 Å². The predicted octanol–water partition coefficient (Wildman–Crippen LogP) is 6.60. The molecule has 1 amide bonds. The molecule has 5 aliphatic rings. The van der Waals surface area contributed by atoms with Crippen LogP contribution in [0.1, 0.15) is 112 Å². The van der Waals surface area contributed by atoms with Crippen LogP contribution in [0.2, 0.25) is 0 Å². The number of carbonyl (C=O) groups excluding carboxylic acids is 2. The van der Waals surface area contributed by atoms with E-state index in [1.807, 2.05) is 0 Å². The van der Waals surface area contributed by atoms with Crippen molar-refractivity contribution < 1.29 is 14.3 Å². The van der Waals surface area contributed by atoms with Crippen LogP contribution in [0.15, 0.2) is 5.10 Å². The Hall–Kier alpha value is -1.39. The largest absolute Gasteiger partial charge is 0.462 e. The van der Waals surface area contributed by atoms with Crippen molar-refractivity contribution in [2.75, 3.05) is 0 Å². The van der Waals surface area contributed by atoms with E-state index in [0.29, 0.717) is 23.2 Å². The molecule has 0 N–H and O–H groups in total. The fourth-order valence-electron chi connectivity index (χ4n) is 10.2. The molecule has 0 unspecified atom stereocenters. The standard InChI is InChI=1S/C30H48N2O3/c1-19(2)8-7-9-20(3)23-10-11-24-27-25(13-14-28(23,24)5)29(6)15-12-22(35-21(4)34)16-30(29)17-26(27)31-32(30)18-33/h18-20,22-25,27H,7-17H2,1-6H3/t20-,22+,23-,24+,25+,27+,28-,29-,30+/m1/s1. The molecule has 0 radical (unpaired) electrons. The Morgan fingerprint density at radius 3 is 2.57 bits per heavy atom. The number of fused-ring (bicyclic) bond motifs is 6. The Morgan fingerprint density at radius 2 is 1.89 bits per heavy atom. The number of ether oxygens (including phenoxy) is 1. The average molecular weight is 485 g/mol. The molecule has 5 rings (SSSR count). The second kappa shape index (κ2) is 8.87. The van der Waals surface area contributed by atoms with Crippen molar-refractivity contribution >= 4 is 18.1 Å². The molecule has 0 saturated heterocycles. The maximum Gasteiger partial charge on any atom is 0.302 e. The van der Waals surface area contributed by atoms with Crippen LogP contribution in [0.25, 0.3) is 0 Å². The maximum atomic E-state index is 12.4. The molecule has 4 saturated carbocycles. The van der Waals surface area contributed by atoms with Crippen molar-refractivity contribution in [2.45, 2.75) is 124 Å². The zero-order valence-electron chi connectivity index (χ0n) is 23.0. The number of hydrazone groups is 1. The van der Waals surface area contributed by atoms with Crippen LogP contribution in [-0.4, -0.2) is 34.7 Å². The third-order valence-electron chi connectivity index (χ3n) is 11.9. The van der Waals surface area contributed by atoms with Crippen LogP contribution < -0.4 is 0 Å². The van der Waals surface area contributed by atoms with Gasteiger partial charge in [0.15, 0.2) is 0 Å². The predicted molar refractivity (Wildman–Crippen MR) is 139 cm³/mol. The van der Waals surface area contributed by atoms with E-state index in [9.17, 15) is 9.59 Å². The van der Waals surface area contributed by atoms with Gasteiger partial charge in [-0.1, -0.05) is 53.9 Å². The Morgan fingerprint density at radius 1 is 1.11 bits per heavy atom.